The molecule has 0 aliphatic rings. The number of rotatable bonds is 5. The van der Waals surface area contributed by atoms with Gasteiger partial charge in [-0.05, 0) is 5.56 Å². The van der Waals surface area contributed by atoms with Gasteiger partial charge in [0.05, 0.1) is 0 Å². The number of nitrogens with one attached hydrogen (secondary N) is 1. The van der Waals surface area contributed by atoms with Crippen LogP contribution in [0.5, 0.6) is 0 Å². The minimum Gasteiger partial charge on any atom is -0.364 e. The van der Waals surface area contributed by atoms with Gasteiger partial charge >= 0.3 is 0 Å². The van der Waals surface area contributed by atoms with Crippen molar-refractivity contribution in [2.24, 2.45) is 0 Å². The van der Waals surface area contributed by atoms with E-state index < -0.39 is 6.29 Å². The number of aliphatic hydroxyl groups is 1. The summed E-state index contributed by atoms with van der Waals surface area (Å²) < 4.78 is 4.81. The molecule has 0 amide bonds. The molecule has 1 aromatic rings. The Bertz CT molecular complexity index is 282. The normalized spacial score (nSPS) is 13.1. The molecular formula is C12H19NO2. The second-order valence-electron chi connectivity index (χ2n) is 3.87. The molecule has 0 aliphatic heterocycles. The van der Waals surface area contributed by atoms with Crippen LogP contribution in [0.4, 0.5) is 0 Å². The van der Waals surface area contributed by atoms with Crippen molar-refractivity contribution in [1.29, 1.82) is 0 Å². The fourth-order valence-corrected chi connectivity index (χ4v) is 1.26. The van der Waals surface area contributed by atoms with Crippen LogP contribution in [0.1, 0.15) is 31.3 Å². The van der Waals surface area contributed by atoms with Gasteiger partial charge in [0, 0.05) is 25.3 Å². The first-order valence-corrected chi connectivity index (χ1v) is 5.16. The Labute approximate surface area is 91.1 Å². The SMILES string of the molecule is COC(O)c1ccc(CNC(C)C)cc1. The molecule has 0 bridgehead atoms. The highest BCUT2D eigenvalue weighted by Gasteiger charge is 2.04. The first-order chi connectivity index (χ1) is 7.13. The Kier molecular flexibility index (Phi) is 4.75. The van der Waals surface area contributed by atoms with Crippen molar-refractivity contribution in [1.82, 2.24) is 5.32 Å². The monoisotopic (exact) mass is 209 g/mol. The Hall–Kier alpha value is -0.900. The van der Waals surface area contributed by atoms with Gasteiger partial charge in [0.1, 0.15) is 0 Å². The van der Waals surface area contributed by atoms with Crippen molar-refractivity contribution in [3.63, 3.8) is 0 Å². The number of hydrogen-bond donors (Lipinski definition) is 2. The van der Waals surface area contributed by atoms with Gasteiger partial charge in [-0.1, -0.05) is 38.1 Å². The molecule has 3 heteroatoms. The van der Waals surface area contributed by atoms with Crippen LogP contribution in [0.15, 0.2) is 24.3 Å². The van der Waals surface area contributed by atoms with Gasteiger partial charge in [-0.25, -0.2) is 0 Å². The molecule has 0 saturated heterocycles. The van der Waals surface area contributed by atoms with E-state index in [2.05, 4.69) is 19.2 Å². The van der Waals surface area contributed by atoms with E-state index in [9.17, 15) is 5.11 Å². The van der Waals surface area contributed by atoms with Crippen LogP contribution in [0.2, 0.25) is 0 Å². The number of methoxy groups -OCH3 is 1. The Morgan fingerprint density at radius 1 is 1.27 bits per heavy atom. The summed E-state index contributed by atoms with van der Waals surface area (Å²) in [5.74, 6) is 0. The third-order valence-electron chi connectivity index (χ3n) is 2.20. The third kappa shape index (κ3) is 4.00. The van der Waals surface area contributed by atoms with Gasteiger partial charge < -0.3 is 15.2 Å². The maximum Gasteiger partial charge on any atom is 0.180 e. The van der Waals surface area contributed by atoms with Crippen molar-refractivity contribution in [2.75, 3.05) is 7.11 Å². The van der Waals surface area contributed by atoms with E-state index in [0.717, 1.165) is 12.1 Å². The molecule has 15 heavy (non-hydrogen) atoms. The van der Waals surface area contributed by atoms with Gasteiger partial charge in [0.2, 0.25) is 0 Å². The number of ether oxygens (including phenoxy) is 1. The summed E-state index contributed by atoms with van der Waals surface area (Å²) in [6.45, 7) is 5.08. The summed E-state index contributed by atoms with van der Waals surface area (Å²) >= 11 is 0. The van der Waals surface area contributed by atoms with Crippen molar-refractivity contribution in [3.05, 3.63) is 35.4 Å². The lowest BCUT2D eigenvalue weighted by molar-refractivity contribution is -0.0769. The van der Waals surface area contributed by atoms with Crippen LogP contribution < -0.4 is 5.32 Å². The predicted molar refractivity (Wildman–Crippen MR) is 60.4 cm³/mol. The largest absolute Gasteiger partial charge is 0.364 e. The average molecular weight is 209 g/mol. The first kappa shape index (κ1) is 12.2. The molecule has 0 saturated carbocycles. The van der Waals surface area contributed by atoms with E-state index in [1.807, 2.05) is 24.3 Å². The zero-order valence-corrected chi connectivity index (χ0v) is 9.53. The fraction of sp³-hybridized carbons (Fsp3) is 0.500. The smallest absolute Gasteiger partial charge is 0.180 e. The third-order valence-corrected chi connectivity index (χ3v) is 2.20. The Balaban J connectivity index is 2.56. The lowest BCUT2D eigenvalue weighted by Crippen LogP contribution is -2.21. The molecule has 0 radical (unpaired) electrons. The van der Waals surface area contributed by atoms with Crippen molar-refractivity contribution in [3.8, 4) is 0 Å². The van der Waals surface area contributed by atoms with Crippen molar-refractivity contribution >= 4 is 0 Å². The number of benzene rings is 1. The lowest BCUT2D eigenvalue weighted by atomic mass is 10.1. The van der Waals surface area contributed by atoms with Crippen LogP contribution in [0.25, 0.3) is 0 Å². The van der Waals surface area contributed by atoms with Gasteiger partial charge in [-0.3, -0.25) is 0 Å². The summed E-state index contributed by atoms with van der Waals surface area (Å²) in [5, 5.41) is 12.7. The molecule has 0 aromatic heterocycles. The highest BCUT2D eigenvalue weighted by molar-refractivity contribution is 5.23. The molecule has 1 atom stereocenters. The van der Waals surface area contributed by atoms with E-state index in [4.69, 9.17) is 4.74 Å². The van der Waals surface area contributed by atoms with Gasteiger partial charge in [0.25, 0.3) is 0 Å². The predicted octanol–water partition coefficient (Wildman–Crippen LogP) is 1.82. The van der Waals surface area contributed by atoms with Crippen LogP contribution >= 0.6 is 0 Å². The highest BCUT2D eigenvalue weighted by atomic mass is 16.6. The highest BCUT2D eigenvalue weighted by Crippen LogP contribution is 2.13. The molecule has 84 valence electrons. The first-order valence-electron chi connectivity index (χ1n) is 5.16. The second kappa shape index (κ2) is 5.85. The molecule has 0 heterocycles. The minimum atomic E-state index is -0.822. The van der Waals surface area contributed by atoms with Gasteiger partial charge in [-0.2, -0.15) is 0 Å². The summed E-state index contributed by atoms with van der Waals surface area (Å²) in [6, 6.07) is 8.23. The van der Waals surface area contributed by atoms with Gasteiger partial charge in [-0.15, -0.1) is 0 Å². The number of aliphatic hydroxyl groups excluding tert-OH is 1. The molecule has 1 aromatic carbocycles. The molecule has 3 nitrogen and oxygen atoms in total. The molecular weight excluding hydrogens is 190 g/mol. The van der Waals surface area contributed by atoms with E-state index in [1.165, 1.54) is 12.7 Å². The fourth-order valence-electron chi connectivity index (χ4n) is 1.26. The van der Waals surface area contributed by atoms with E-state index in [0.29, 0.717) is 6.04 Å². The van der Waals surface area contributed by atoms with Crippen LogP contribution in [-0.2, 0) is 11.3 Å². The zero-order chi connectivity index (χ0) is 11.3. The topological polar surface area (TPSA) is 41.5 Å². The van der Waals surface area contributed by atoms with E-state index in [-0.39, 0.29) is 0 Å². The zero-order valence-electron chi connectivity index (χ0n) is 9.53. The summed E-state index contributed by atoms with van der Waals surface area (Å²) in [5.41, 5.74) is 1.99. The van der Waals surface area contributed by atoms with Gasteiger partial charge in [0.15, 0.2) is 6.29 Å². The Morgan fingerprint density at radius 2 is 1.87 bits per heavy atom. The molecule has 0 spiro atoms. The Morgan fingerprint density at radius 3 is 2.33 bits per heavy atom. The summed E-state index contributed by atoms with van der Waals surface area (Å²) in [4.78, 5) is 0. The van der Waals surface area contributed by atoms with Crippen LogP contribution in [-0.4, -0.2) is 18.3 Å². The minimum absolute atomic E-state index is 0.481. The molecule has 1 unspecified atom stereocenters. The maximum absolute atomic E-state index is 9.40. The quantitative estimate of drug-likeness (QED) is 0.727. The van der Waals surface area contributed by atoms with E-state index in [1.54, 1.807) is 0 Å². The lowest BCUT2D eigenvalue weighted by Gasteiger charge is -2.11. The summed E-state index contributed by atoms with van der Waals surface area (Å²) in [7, 11) is 1.49. The summed E-state index contributed by atoms with van der Waals surface area (Å²) in [6.07, 6.45) is -0.822. The standard InChI is InChI=1S/C12H19NO2/c1-9(2)13-8-10-4-6-11(7-5-10)12(14)15-3/h4-7,9,12-14H,8H2,1-3H3. The van der Waals surface area contributed by atoms with Crippen LogP contribution in [0, 0.1) is 0 Å². The molecule has 1 rings (SSSR count). The molecule has 2 N–H and O–H groups in total. The average Bonchev–Trinajstić information content (AvgIpc) is 2.26. The van der Waals surface area contributed by atoms with Crippen molar-refractivity contribution < 1.29 is 9.84 Å². The molecule has 0 fully saturated rings. The van der Waals surface area contributed by atoms with Crippen LogP contribution in [0.3, 0.4) is 0 Å². The molecule has 0 aliphatic carbocycles. The maximum atomic E-state index is 9.40. The number of hydrogen-bond acceptors (Lipinski definition) is 3. The van der Waals surface area contributed by atoms with E-state index >= 15 is 0 Å². The van der Waals surface area contributed by atoms with Crippen molar-refractivity contribution in [2.45, 2.75) is 32.7 Å². The second-order valence-corrected chi connectivity index (χ2v) is 3.87.